The number of halogens is 3. The first kappa shape index (κ1) is 22.1. The van der Waals surface area contributed by atoms with Gasteiger partial charge in [-0.2, -0.15) is 18.2 Å². The first-order chi connectivity index (χ1) is 14.2. The summed E-state index contributed by atoms with van der Waals surface area (Å²) < 4.78 is 44.7. The zero-order valence-electron chi connectivity index (χ0n) is 17.3. The van der Waals surface area contributed by atoms with Crippen LogP contribution in [0.2, 0.25) is 0 Å². The summed E-state index contributed by atoms with van der Waals surface area (Å²) in [5.41, 5.74) is 0.0665. The molecular weight excluding hydrogens is 397 g/mol. The lowest BCUT2D eigenvalue weighted by atomic mass is 10.1. The quantitative estimate of drug-likeness (QED) is 0.665. The predicted octanol–water partition coefficient (Wildman–Crippen LogP) is 5.16. The van der Waals surface area contributed by atoms with Gasteiger partial charge >= 0.3 is 6.18 Å². The van der Waals surface area contributed by atoms with Crippen molar-refractivity contribution in [1.82, 2.24) is 10.1 Å². The summed E-state index contributed by atoms with van der Waals surface area (Å²) in [6, 6.07) is 3.55. The van der Waals surface area contributed by atoms with Crippen LogP contribution in [-0.2, 0) is 17.4 Å². The molecule has 0 bridgehead atoms. The number of carbonyl (C=O) groups is 1. The Hall–Kier alpha value is -2.58. The highest BCUT2D eigenvalue weighted by molar-refractivity contribution is 5.94. The van der Waals surface area contributed by atoms with Gasteiger partial charge in [-0.05, 0) is 43.9 Å². The van der Waals surface area contributed by atoms with Crippen LogP contribution in [0.25, 0.3) is 0 Å². The van der Waals surface area contributed by atoms with Crippen molar-refractivity contribution in [2.45, 2.75) is 64.5 Å². The van der Waals surface area contributed by atoms with Crippen molar-refractivity contribution in [3.05, 3.63) is 35.5 Å². The molecule has 1 amide bonds. The minimum absolute atomic E-state index is 0.148. The Kier molecular flexibility index (Phi) is 6.99. The predicted molar refractivity (Wildman–Crippen MR) is 107 cm³/mol. The van der Waals surface area contributed by atoms with Gasteiger partial charge in [0.05, 0.1) is 16.9 Å². The first-order valence-electron chi connectivity index (χ1n) is 10.3. The number of anilines is 2. The molecule has 30 heavy (non-hydrogen) atoms. The lowest BCUT2D eigenvalue weighted by Gasteiger charge is -2.31. The highest BCUT2D eigenvalue weighted by Crippen LogP contribution is 2.36. The van der Waals surface area contributed by atoms with E-state index in [4.69, 9.17) is 4.52 Å². The number of alkyl halides is 3. The fourth-order valence-corrected chi connectivity index (χ4v) is 3.44. The van der Waals surface area contributed by atoms with Crippen LogP contribution in [0.15, 0.2) is 22.7 Å². The number of carbonyl (C=O) groups excluding carboxylic acids is 1. The Bertz CT molecular complexity index is 858. The molecule has 0 unspecified atom stereocenters. The topological polar surface area (TPSA) is 71.3 Å². The second-order valence-corrected chi connectivity index (χ2v) is 7.88. The summed E-state index contributed by atoms with van der Waals surface area (Å²) in [6.07, 6.45) is -0.347. The van der Waals surface area contributed by atoms with Gasteiger partial charge in [0.15, 0.2) is 5.82 Å². The van der Waals surface area contributed by atoms with E-state index in [2.05, 4.69) is 15.5 Å². The van der Waals surface area contributed by atoms with Gasteiger partial charge in [0, 0.05) is 31.8 Å². The van der Waals surface area contributed by atoms with E-state index in [9.17, 15) is 18.0 Å². The lowest BCUT2D eigenvalue weighted by Crippen LogP contribution is -2.30. The molecule has 1 aliphatic heterocycles. The van der Waals surface area contributed by atoms with Crippen molar-refractivity contribution in [2.24, 2.45) is 0 Å². The molecule has 1 aliphatic rings. The molecule has 0 radical (unpaired) electrons. The largest absolute Gasteiger partial charge is 0.416 e. The number of benzene rings is 1. The summed E-state index contributed by atoms with van der Waals surface area (Å²) >= 11 is 0. The number of nitrogens with zero attached hydrogens (tertiary/aromatic N) is 3. The van der Waals surface area contributed by atoms with Gasteiger partial charge in [-0.25, -0.2) is 0 Å². The molecule has 0 saturated carbocycles. The second-order valence-electron chi connectivity index (χ2n) is 7.88. The zero-order chi connectivity index (χ0) is 21.7. The number of nitrogens with one attached hydrogen (secondary N) is 1. The number of rotatable bonds is 7. The van der Waals surface area contributed by atoms with Gasteiger partial charge in [0.1, 0.15) is 0 Å². The highest BCUT2D eigenvalue weighted by atomic mass is 19.4. The van der Waals surface area contributed by atoms with Gasteiger partial charge in [-0.1, -0.05) is 19.0 Å². The van der Waals surface area contributed by atoms with E-state index in [1.807, 2.05) is 18.7 Å². The molecule has 0 atom stereocenters. The maximum Gasteiger partial charge on any atom is 0.416 e. The van der Waals surface area contributed by atoms with Crippen LogP contribution >= 0.6 is 0 Å². The van der Waals surface area contributed by atoms with Crippen molar-refractivity contribution in [2.75, 3.05) is 23.3 Å². The molecule has 0 spiro atoms. The van der Waals surface area contributed by atoms with E-state index in [-0.39, 0.29) is 23.9 Å². The third kappa shape index (κ3) is 5.73. The second kappa shape index (κ2) is 9.49. The molecule has 1 aromatic heterocycles. The van der Waals surface area contributed by atoms with Crippen molar-refractivity contribution in [3.63, 3.8) is 0 Å². The average Bonchev–Trinajstić information content (AvgIpc) is 3.17. The fraction of sp³-hybridized carbons (Fsp3) is 0.571. The van der Waals surface area contributed by atoms with Crippen LogP contribution in [0, 0.1) is 0 Å². The third-order valence-electron chi connectivity index (χ3n) is 5.09. The van der Waals surface area contributed by atoms with Crippen LogP contribution in [-0.4, -0.2) is 29.1 Å². The third-order valence-corrected chi connectivity index (χ3v) is 5.09. The van der Waals surface area contributed by atoms with Gasteiger partial charge in [-0.3, -0.25) is 4.79 Å². The van der Waals surface area contributed by atoms with E-state index in [1.165, 1.54) is 6.07 Å². The molecule has 1 fully saturated rings. The summed E-state index contributed by atoms with van der Waals surface area (Å²) in [7, 11) is 0. The highest BCUT2D eigenvalue weighted by Gasteiger charge is 2.31. The Morgan fingerprint density at radius 1 is 1.23 bits per heavy atom. The molecule has 6 nitrogen and oxygen atoms in total. The molecule has 9 heteroatoms. The first-order valence-corrected chi connectivity index (χ1v) is 10.3. The molecule has 1 saturated heterocycles. The minimum atomic E-state index is -4.47. The Balaban J connectivity index is 1.65. The number of amides is 1. The maximum absolute atomic E-state index is 13.2. The number of aryl methyl sites for hydroxylation is 1. The number of hydrogen-bond acceptors (Lipinski definition) is 5. The fourth-order valence-electron chi connectivity index (χ4n) is 3.44. The van der Waals surface area contributed by atoms with Gasteiger partial charge < -0.3 is 14.7 Å². The summed E-state index contributed by atoms with van der Waals surface area (Å²) in [5.74, 6) is 0.889. The van der Waals surface area contributed by atoms with Crippen molar-refractivity contribution in [1.29, 1.82) is 0 Å². The number of hydrogen-bond donors (Lipinski definition) is 1. The zero-order valence-corrected chi connectivity index (χ0v) is 17.3. The summed E-state index contributed by atoms with van der Waals surface area (Å²) in [6.45, 7) is 5.45. The lowest BCUT2D eigenvalue weighted by molar-refractivity contribution is -0.137. The van der Waals surface area contributed by atoms with Crippen molar-refractivity contribution >= 4 is 17.3 Å². The van der Waals surface area contributed by atoms with E-state index < -0.39 is 11.7 Å². The van der Waals surface area contributed by atoms with Gasteiger partial charge in [0.2, 0.25) is 11.8 Å². The normalized spacial score (nSPS) is 14.9. The monoisotopic (exact) mass is 424 g/mol. The molecule has 1 aromatic carbocycles. The Morgan fingerprint density at radius 3 is 2.60 bits per heavy atom. The average molecular weight is 424 g/mol. The molecule has 2 heterocycles. The standard InChI is InChI=1S/C21H27F3N4O2/c1-14(2)20-26-19(30-27-20)8-6-7-18(29)25-16-13-15(21(22,23)24)9-10-17(16)28-11-4-3-5-12-28/h9-10,13-14H,3-8,11-12H2,1-2H3,(H,25,29). The van der Waals surface area contributed by atoms with Crippen LogP contribution < -0.4 is 10.2 Å². The van der Waals surface area contributed by atoms with Crippen molar-refractivity contribution < 1.29 is 22.5 Å². The van der Waals surface area contributed by atoms with Crippen molar-refractivity contribution in [3.8, 4) is 0 Å². The molecule has 3 rings (SSSR count). The molecule has 0 aliphatic carbocycles. The maximum atomic E-state index is 13.2. The van der Waals surface area contributed by atoms with Gasteiger partial charge in [0.25, 0.3) is 0 Å². The van der Waals surface area contributed by atoms with Crippen LogP contribution in [0.4, 0.5) is 24.5 Å². The summed E-state index contributed by atoms with van der Waals surface area (Å²) in [5, 5.41) is 6.56. The van der Waals surface area contributed by atoms with Crippen LogP contribution in [0.5, 0.6) is 0 Å². The van der Waals surface area contributed by atoms with Gasteiger partial charge in [-0.15, -0.1) is 0 Å². The van der Waals surface area contributed by atoms with E-state index in [0.717, 1.165) is 44.5 Å². The van der Waals surface area contributed by atoms with E-state index in [1.54, 1.807) is 0 Å². The van der Waals surface area contributed by atoms with E-state index in [0.29, 0.717) is 30.2 Å². The SMILES string of the molecule is CC(C)c1noc(CCCC(=O)Nc2cc(C(F)(F)F)ccc2N2CCCCC2)n1. The van der Waals surface area contributed by atoms with Crippen LogP contribution in [0.3, 0.4) is 0 Å². The Morgan fingerprint density at radius 2 is 1.97 bits per heavy atom. The van der Waals surface area contributed by atoms with E-state index >= 15 is 0 Å². The van der Waals surface area contributed by atoms with Crippen LogP contribution in [0.1, 0.15) is 69.1 Å². The summed E-state index contributed by atoms with van der Waals surface area (Å²) in [4.78, 5) is 18.7. The smallest absolute Gasteiger partial charge is 0.370 e. The molecule has 1 N–H and O–H groups in total. The minimum Gasteiger partial charge on any atom is -0.370 e. The molecule has 164 valence electrons. The number of piperidine rings is 1. The molecule has 2 aromatic rings. The molecular formula is C21H27F3N4O2. The number of aromatic nitrogens is 2. The Labute approximate surface area is 173 Å².